The van der Waals surface area contributed by atoms with Crippen LogP contribution < -0.4 is 0 Å². The highest BCUT2D eigenvalue weighted by Gasteiger charge is 1.85. The standard InChI is InChI=1S/C2H7P.2H2O4S/c1-3-2;2*1-5(2,3)4/h3H,1-2H3;2*(H2,1,2,3,4). The summed E-state index contributed by atoms with van der Waals surface area (Å²) in [5.41, 5.74) is 0. The highest BCUT2D eigenvalue weighted by atomic mass is 32.3. The van der Waals surface area contributed by atoms with Gasteiger partial charge in [0.15, 0.2) is 0 Å². The van der Waals surface area contributed by atoms with Crippen LogP contribution in [-0.2, 0) is 20.8 Å². The minimum Gasteiger partial charge on any atom is -0.264 e. The lowest BCUT2D eigenvalue weighted by Crippen LogP contribution is -1.89. The van der Waals surface area contributed by atoms with Crippen LogP contribution in [-0.4, -0.2) is 48.4 Å². The zero-order valence-corrected chi connectivity index (χ0v) is 9.37. The van der Waals surface area contributed by atoms with Crippen LogP contribution in [0.25, 0.3) is 0 Å². The molecule has 0 fully saturated rings. The molecule has 0 aromatic carbocycles. The topological polar surface area (TPSA) is 149 Å². The summed E-state index contributed by atoms with van der Waals surface area (Å²) < 4.78 is 63.2. The third kappa shape index (κ3) is 43600. The van der Waals surface area contributed by atoms with Crippen molar-refractivity contribution in [2.75, 3.05) is 13.3 Å². The van der Waals surface area contributed by atoms with E-state index in [-0.39, 0.29) is 0 Å². The monoisotopic (exact) mass is 258 g/mol. The van der Waals surface area contributed by atoms with Crippen LogP contribution in [0.4, 0.5) is 0 Å². The maximum absolute atomic E-state index is 8.74. The molecule has 0 saturated heterocycles. The zero-order valence-electron chi connectivity index (χ0n) is 6.74. The van der Waals surface area contributed by atoms with Gasteiger partial charge in [0.2, 0.25) is 0 Å². The fraction of sp³-hybridized carbons (Fsp3) is 1.00. The molecule has 0 aliphatic carbocycles. The van der Waals surface area contributed by atoms with Crippen LogP contribution in [0.5, 0.6) is 0 Å². The molecule has 0 spiro atoms. The number of hydrogen-bond donors (Lipinski definition) is 4. The van der Waals surface area contributed by atoms with Gasteiger partial charge in [-0.1, -0.05) is 0 Å². The van der Waals surface area contributed by atoms with E-state index >= 15 is 0 Å². The second-order valence-electron chi connectivity index (χ2n) is 1.40. The lowest BCUT2D eigenvalue weighted by molar-refractivity contribution is 0.378. The minimum atomic E-state index is -4.67. The van der Waals surface area contributed by atoms with E-state index in [0.29, 0.717) is 0 Å². The molecule has 0 amide bonds. The van der Waals surface area contributed by atoms with E-state index in [1.165, 1.54) is 0 Å². The van der Waals surface area contributed by atoms with Crippen molar-refractivity contribution < 1.29 is 35.0 Å². The second kappa shape index (κ2) is 8.75. The van der Waals surface area contributed by atoms with E-state index in [4.69, 9.17) is 35.0 Å². The molecular formula is C2H11O8PS2. The van der Waals surface area contributed by atoms with Crippen molar-refractivity contribution >= 4 is 29.4 Å². The first-order valence-corrected chi connectivity index (χ1v) is 7.19. The summed E-state index contributed by atoms with van der Waals surface area (Å²) in [6.07, 6.45) is 0. The molecule has 13 heavy (non-hydrogen) atoms. The molecule has 0 unspecified atom stereocenters. The summed E-state index contributed by atoms with van der Waals surface area (Å²) in [6, 6.07) is 0. The molecule has 0 radical (unpaired) electrons. The Morgan fingerprint density at radius 2 is 0.769 bits per heavy atom. The van der Waals surface area contributed by atoms with Crippen molar-refractivity contribution in [1.29, 1.82) is 0 Å². The van der Waals surface area contributed by atoms with Gasteiger partial charge >= 0.3 is 20.8 Å². The lowest BCUT2D eigenvalue weighted by atomic mass is 11.9. The van der Waals surface area contributed by atoms with E-state index in [1.807, 2.05) is 0 Å². The van der Waals surface area contributed by atoms with Gasteiger partial charge in [-0.3, -0.25) is 18.2 Å². The van der Waals surface area contributed by atoms with Crippen molar-refractivity contribution in [3.63, 3.8) is 0 Å². The quantitative estimate of drug-likeness (QED) is 0.339. The Balaban J connectivity index is -0.000000120. The van der Waals surface area contributed by atoms with Gasteiger partial charge < -0.3 is 0 Å². The normalized spacial score (nSPS) is 10.3. The van der Waals surface area contributed by atoms with Gasteiger partial charge in [-0.05, 0) is 13.3 Å². The molecule has 0 aliphatic heterocycles. The third-order valence-electron chi connectivity index (χ3n) is 0. The molecule has 0 saturated carbocycles. The molecule has 0 rings (SSSR count). The van der Waals surface area contributed by atoms with Crippen LogP contribution in [0.2, 0.25) is 0 Å². The van der Waals surface area contributed by atoms with E-state index in [1.54, 1.807) is 0 Å². The molecule has 84 valence electrons. The Kier molecular flexibility index (Phi) is 12.7. The molecule has 0 aromatic heterocycles. The molecular weight excluding hydrogens is 247 g/mol. The van der Waals surface area contributed by atoms with Crippen molar-refractivity contribution in [3.8, 4) is 0 Å². The molecule has 11 heteroatoms. The van der Waals surface area contributed by atoms with Crippen LogP contribution >= 0.6 is 8.58 Å². The van der Waals surface area contributed by atoms with Gasteiger partial charge in [-0.2, -0.15) is 16.8 Å². The van der Waals surface area contributed by atoms with Gasteiger partial charge in [-0.15, -0.1) is 8.58 Å². The molecule has 0 aliphatic rings. The zero-order chi connectivity index (χ0) is 11.7. The molecule has 8 nitrogen and oxygen atoms in total. The molecule has 0 aromatic rings. The highest BCUT2D eigenvalue weighted by Crippen LogP contribution is 1.84. The molecule has 0 heterocycles. The summed E-state index contributed by atoms with van der Waals surface area (Å²) in [6.45, 7) is 4.31. The fourth-order valence-corrected chi connectivity index (χ4v) is 0. The highest BCUT2D eigenvalue weighted by molar-refractivity contribution is 7.80. The van der Waals surface area contributed by atoms with Crippen LogP contribution in [0.15, 0.2) is 0 Å². The van der Waals surface area contributed by atoms with Gasteiger partial charge in [0.25, 0.3) is 0 Å². The summed E-state index contributed by atoms with van der Waals surface area (Å²) in [4.78, 5) is 0. The SMILES string of the molecule is CPC.O=S(=O)(O)O.O=S(=O)(O)O. The summed E-state index contributed by atoms with van der Waals surface area (Å²) in [5, 5.41) is 0. The minimum absolute atomic E-state index is 1.08. The summed E-state index contributed by atoms with van der Waals surface area (Å²) in [5.74, 6) is 0. The fourth-order valence-electron chi connectivity index (χ4n) is 0. The van der Waals surface area contributed by atoms with E-state index in [0.717, 1.165) is 8.58 Å². The van der Waals surface area contributed by atoms with Crippen LogP contribution in [0.3, 0.4) is 0 Å². The average Bonchev–Trinajstić information content (AvgIpc) is 1.52. The maximum Gasteiger partial charge on any atom is 0.394 e. The van der Waals surface area contributed by atoms with Gasteiger partial charge in [-0.25, -0.2) is 0 Å². The third-order valence-corrected chi connectivity index (χ3v) is 0. The van der Waals surface area contributed by atoms with Gasteiger partial charge in [0.1, 0.15) is 0 Å². The van der Waals surface area contributed by atoms with Gasteiger partial charge in [0.05, 0.1) is 0 Å². The predicted octanol–water partition coefficient (Wildman–Crippen LogP) is -0.381. The van der Waals surface area contributed by atoms with Crippen LogP contribution in [0, 0.1) is 0 Å². The van der Waals surface area contributed by atoms with Crippen molar-refractivity contribution in [1.82, 2.24) is 0 Å². The Morgan fingerprint density at radius 3 is 0.769 bits per heavy atom. The van der Waals surface area contributed by atoms with Crippen molar-refractivity contribution in [3.05, 3.63) is 0 Å². The average molecular weight is 258 g/mol. The Bertz CT molecular complexity index is 229. The maximum atomic E-state index is 8.74. The largest absolute Gasteiger partial charge is 0.394 e. The Morgan fingerprint density at radius 1 is 0.769 bits per heavy atom. The Labute approximate surface area is 78.3 Å². The van der Waals surface area contributed by atoms with Crippen LogP contribution in [0.1, 0.15) is 0 Å². The molecule has 0 atom stereocenters. The van der Waals surface area contributed by atoms with Gasteiger partial charge in [0, 0.05) is 0 Å². The number of rotatable bonds is 0. The Hall–Kier alpha value is 0.170. The van der Waals surface area contributed by atoms with Crippen molar-refractivity contribution in [2.24, 2.45) is 0 Å². The molecule has 4 N–H and O–H groups in total. The second-order valence-corrected chi connectivity index (χ2v) is 4.19. The summed E-state index contributed by atoms with van der Waals surface area (Å²) >= 11 is 0. The van der Waals surface area contributed by atoms with E-state index < -0.39 is 20.8 Å². The first-order chi connectivity index (χ1) is 5.41. The first kappa shape index (κ1) is 18.9. The molecule has 0 bridgehead atoms. The summed E-state index contributed by atoms with van der Waals surface area (Å²) in [7, 11) is -8.25. The number of hydrogen-bond acceptors (Lipinski definition) is 4. The van der Waals surface area contributed by atoms with E-state index in [2.05, 4.69) is 13.3 Å². The van der Waals surface area contributed by atoms with E-state index in [9.17, 15) is 0 Å². The van der Waals surface area contributed by atoms with Crippen molar-refractivity contribution in [2.45, 2.75) is 0 Å². The first-order valence-electron chi connectivity index (χ1n) is 2.40. The predicted molar refractivity (Wildman–Crippen MR) is 48.5 cm³/mol. The lowest BCUT2D eigenvalue weighted by Gasteiger charge is -1.68. The smallest absolute Gasteiger partial charge is 0.264 e.